The van der Waals surface area contributed by atoms with Crippen LogP contribution in [0.3, 0.4) is 0 Å². The molecule has 5 nitrogen and oxygen atoms in total. The maximum absolute atomic E-state index is 11.9. The molecule has 0 bridgehead atoms. The second kappa shape index (κ2) is 9.30. The lowest BCUT2D eigenvalue weighted by Gasteiger charge is -2.31. The van der Waals surface area contributed by atoms with E-state index in [1.807, 2.05) is 38.1 Å². The first-order chi connectivity index (χ1) is 10.5. The van der Waals surface area contributed by atoms with Gasteiger partial charge in [-0.2, -0.15) is 0 Å². The van der Waals surface area contributed by atoms with E-state index >= 15 is 0 Å². The molecule has 22 heavy (non-hydrogen) atoms. The van der Waals surface area contributed by atoms with Gasteiger partial charge in [-0.3, -0.25) is 0 Å². The number of carbonyl (C=O) groups is 1. The van der Waals surface area contributed by atoms with Gasteiger partial charge in [0.1, 0.15) is 5.75 Å². The van der Waals surface area contributed by atoms with Gasteiger partial charge in [0.2, 0.25) is 0 Å². The molecule has 1 atom stereocenters. The minimum absolute atomic E-state index is 0.220. The Labute approximate surface area is 133 Å². The molecular weight excluding hydrogens is 280 g/mol. The Morgan fingerprint density at radius 3 is 2.73 bits per heavy atom. The number of hydrogen-bond acceptors (Lipinski definition) is 3. The molecular formula is C17H27N2O3. The van der Waals surface area contributed by atoms with Crippen molar-refractivity contribution < 1.29 is 14.3 Å². The molecule has 0 heterocycles. The van der Waals surface area contributed by atoms with Crippen LogP contribution in [0.2, 0.25) is 0 Å². The molecule has 0 fully saturated rings. The molecule has 2 amide bonds. The van der Waals surface area contributed by atoms with Crippen LogP contribution in [-0.2, 0) is 11.2 Å². The topological polar surface area (TPSA) is 59.6 Å². The maximum Gasteiger partial charge on any atom is 0.315 e. The first kappa shape index (κ1) is 18.3. The summed E-state index contributed by atoms with van der Waals surface area (Å²) in [4.78, 5) is 11.9. The van der Waals surface area contributed by atoms with Crippen LogP contribution in [0.5, 0.6) is 5.75 Å². The van der Waals surface area contributed by atoms with Crippen LogP contribution in [0.1, 0.15) is 25.8 Å². The van der Waals surface area contributed by atoms with E-state index in [1.165, 1.54) is 0 Å². The number of nitrogens with one attached hydrogen (secondary N) is 2. The van der Waals surface area contributed by atoms with Crippen LogP contribution in [0, 0.1) is 6.92 Å². The summed E-state index contributed by atoms with van der Waals surface area (Å²) in [6.07, 6.45) is 1.37. The molecule has 1 rings (SSSR count). The van der Waals surface area contributed by atoms with Gasteiger partial charge in [-0.25, -0.2) is 4.79 Å². The predicted molar refractivity (Wildman–Crippen MR) is 88.1 cm³/mol. The van der Waals surface area contributed by atoms with Gasteiger partial charge in [-0.1, -0.05) is 18.2 Å². The number of ether oxygens (including phenoxy) is 2. The summed E-state index contributed by atoms with van der Waals surface area (Å²) < 4.78 is 10.8. The number of carbonyl (C=O) groups excluding carboxylic acids is 1. The smallest absolute Gasteiger partial charge is 0.315 e. The number of hydrogen-bond donors (Lipinski definition) is 2. The predicted octanol–water partition coefficient (Wildman–Crippen LogP) is 2.56. The third-order valence-corrected chi connectivity index (χ3v) is 3.41. The Morgan fingerprint density at radius 2 is 2.09 bits per heavy atom. The standard InChI is InChI=1S/C17H27N2O3/c1-5-18-16(20)19-17(3,11-12-21-4)13-14-9-7-8-10-15(14)22-6-2/h7-10H,1,5-6,11-13H2,2-4H3,(H2,18,19,20). The van der Waals surface area contributed by atoms with Gasteiger partial charge in [0, 0.05) is 25.8 Å². The van der Waals surface area contributed by atoms with Crippen LogP contribution < -0.4 is 15.4 Å². The molecule has 0 saturated heterocycles. The van der Waals surface area contributed by atoms with Crippen molar-refractivity contribution in [2.45, 2.75) is 32.2 Å². The average Bonchev–Trinajstić information content (AvgIpc) is 2.47. The van der Waals surface area contributed by atoms with Crippen LogP contribution in [0.15, 0.2) is 24.3 Å². The van der Waals surface area contributed by atoms with Gasteiger partial charge in [-0.15, -0.1) is 0 Å². The number of benzene rings is 1. The lowest BCUT2D eigenvalue weighted by atomic mass is 9.89. The Morgan fingerprint density at radius 1 is 1.36 bits per heavy atom. The number of para-hydroxylation sites is 1. The van der Waals surface area contributed by atoms with E-state index in [4.69, 9.17) is 9.47 Å². The summed E-state index contributed by atoms with van der Waals surface area (Å²) in [6.45, 7) is 9.12. The number of amides is 2. The Hall–Kier alpha value is -1.75. The zero-order chi connectivity index (χ0) is 16.4. The van der Waals surface area contributed by atoms with E-state index in [1.54, 1.807) is 7.11 Å². The molecule has 0 aliphatic heterocycles. The molecule has 5 heteroatoms. The molecule has 1 aromatic rings. The van der Waals surface area contributed by atoms with Crippen molar-refractivity contribution in [2.24, 2.45) is 0 Å². The highest BCUT2D eigenvalue weighted by Crippen LogP contribution is 2.25. The van der Waals surface area contributed by atoms with Gasteiger partial charge in [0.05, 0.1) is 6.61 Å². The molecule has 1 aromatic carbocycles. The zero-order valence-corrected chi connectivity index (χ0v) is 13.8. The molecule has 2 N–H and O–H groups in total. The molecule has 0 saturated carbocycles. The van der Waals surface area contributed by atoms with Crippen LogP contribution in [-0.4, -0.2) is 38.4 Å². The Bertz CT molecular complexity index is 465. The number of rotatable bonds is 9. The van der Waals surface area contributed by atoms with Crippen LogP contribution in [0.4, 0.5) is 4.79 Å². The van der Waals surface area contributed by atoms with E-state index < -0.39 is 5.54 Å². The lowest BCUT2D eigenvalue weighted by Crippen LogP contribution is -2.52. The summed E-state index contributed by atoms with van der Waals surface area (Å²) in [7, 11) is 1.66. The van der Waals surface area contributed by atoms with E-state index in [0.29, 0.717) is 32.6 Å². The monoisotopic (exact) mass is 307 g/mol. The largest absolute Gasteiger partial charge is 0.494 e. The highest BCUT2D eigenvalue weighted by molar-refractivity contribution is 5.74. The molecule has 123 valence electrons. The molecule has 0 spiro atoms. The van der Waals surface area contributed by atoms with E-state index in [2.05, 4.69) is 17.6 Å². The molecule has 1 radical (unpaired) electrons. The second-order valence-corrected chi connectivity index (χ2v) is 5.40. The van der Waals surface area contributed by atoms with Crippen LogP contribution in [0.25, 0.3) is 0 Å². The maximum atomic E-state index is 11.9. The SMILES string of the molecule is [CH2]CNC(=O)NC(C)(CCOC)Cc1ccccc1OCC. The number of methoxy groups -OCH3 is 1. The lowest BCUT2D eigenvalue weighted by molar-refractivity contribution is 0.158. The summed E-state index contributed by atoms with van der Waals surface area (Å²) in [6, 6.07) is 7.68. The van der Waals surface area contributed by atoms with Crippen molar-refractivity contribution >= 4 is 6.03 Å². The van der Waals surface area contributed by atoms with E-state index in [-0.39, 0.29) is 6.03 Å². The molecule has 0 aliphatic carbocycles. The summed E-state index contributed by atoms with van der Waals surface area (Å²) >= 11 is 0. The minimum atomic E-state index is -0.428. The van der Waals surface area contributed by atoms with Crippen molar-refractivity contribution in [1.29, 1.82) is 0 Å². The number of urea groups is 1. The van der Waals surface area contributed by atoms with Gasteiger partial charge in [0.15, 0.2) is 0 Å². The van der Waals surface area contributed by atoms with Gasteiger partial charge < -0.3 is 20.1 Å². The Balaban J connectivity index is 2.90. The van der Waals surface area contributed by atoms with Gasteiger partial charge in [0.25, 0.3) is 0 Å². The average molecular weight is 307 g/mol. The van der Waals surface area contributed by atoms with Crippen molar-refractivity contribution in [3.8, 4) is 5.75 Å². The fourth-order valence-corrected chi connectivity index (χ4v) is 2.32. The van der Waals surface area contributed by atoms with Crippen LogP contribution >= 0.6 is 0 Å². The first-order valence-corrected chi connectivity index (χ1v) is 7.59. The minimum Gasteiger partial charge on any atom is -0.494 e. The van der Waals surface area contributed by atoms with Crippen molar-refractivity contribution in [2.75, 3.05) is 26.9 Å². The first-order valence-electron chi connectivity index (χ1n) is 7.59. The Kier molecular flexibility index (Phi) is 7.74. The fourth-order valence-electron chi connectivity index (χ4n) is 2.32. The van der Waals surface area contributed by atoms with E-state index in [9.17, 15) is 4.79 Å². The van der Waals surface area contributed by atoms with Crippen molar-refractivity contribution in [3.63, 3.8) is 0 Å². The summed E-state index contributed by atoms with van der Waals surface area (Å²) in [5, 5.41) is 5.69. The van der Waals surface area contributed by atoms with Gasteiger partial charge in [-0.05, 0) is 45.2 Å². The van der Waals surface area contributed by atoms with Crippen molar-refractivity contribution in [3.05, 3.63) is 36.8 Å². The normalized spacial score (nSPS) is 13.3. The third kappa shape index (κ3) is 5.93. The summed E-state index contributed by atoms with van der Waals surface area (Å²) in [5.41, 5.74) is 0.639. The van der Waals surface area contributed by atoms with E-state index in [0.717, 1.165) is 11.3 Å². The molecule has 1 unspecified atom stereocenters. The highest BCUT2D eigenvalue weighted by Gasteiger charge is 2.27. The van der Waals surface area contributed by atoms with Crippen molar-refractivity contribution in [1.82, 2.24) is 10.6 Å². The quantitative estimate of drug-likeness (QED) is 0.737. The molecule has 0 aliphatic rings. The highest BCUT2D eigenvalue weighted by atomic mass is 16.5. The summed E-state index contributed by atoms with van der Waals surface area (Å²) in [5.74, 6) is 0.855. The fraction of sp³-hybridized carbons (Fsp3) is 0.529. The second-order valence-electron chi connectivity index (χ2n) is 5.40. The zero-order valence-electron chi connectivity index (χ0n) is 13.8. The molecule has 0 aromatic heterocycles. The van der Waals surface area contributed by atoms with Gasteiger partial charge >= 0.3 is 6.03 Å². The third-order valence-electron chi connectivity index (χ3n) is 3.41.